The van der Waals surface area contributed by atoms with Crippen molar-refractivity contribution in [3.63, 3.8) is 0 Å². The topological polar surface area (TPSA) is 53.1 Å². The van der Waals surface area contributed by atoms with Crippen LogP contribution in [0.1, 0.15) is 36.4 Å². The highest BCUT2D eigenvalue weighted by Crippen LogP contribution is 2.42. The Kier molecular flexibility index (Phi) is 6.38. The van der Waals surface area contributed by atoms with E-state index in [1.807, 2.05) is 36.7 Å². The maximum atomic E-state index is 6.11. The van der Waals surface area contributed by atoms with E-state index in [0.29, 0.717) is 6.04 Å². The minimum absolute atomic E-state index is 0.251. The molecule has 5 nitrogen and oxygen atoms in total. The fourth-order valence-corrected chi connectivity index (χ4v) is 5.71. The van der Waals surface area contributed by atoms with Crippen LogP contribution in [-0.2, 0) is 0 Å². The number of rotatable bonds is 7. The molecule has 3 heterocycles. The van der Waals surface area contributed by atoms with Gasteiger partial charge in [-0.25, -0.2) is 0 Å². The first-order valence-electron chi connectivity index (χ1n) is 12.6. The molecule has 1 aliphatic carbocycles. The smallest absolute Gasteiger partial charge is 0.0756 e. The summed E-state index contributed by atoms with van der Waals surface area (Å²) in [5.74, 6) is 0. The fraction of sp³-hybridized carbons (Fsp3) is 0.310. The van der Waals surface area contributed by atoms with Crippen molar-refractivity contribution in [2.75, 3.05) is 31.5 Å². The Morgan fingerprint density at radius 2 is 1.77 bits per heavy atom. The van der Waals surface area contributed by atoms with Gasteiger partial charge in [0.05, 0.1) is 17.3 Å². The first kappa shape index (κ1) is 22.5. The van der Waals surface area contributed by atoms with Gasteiger partial charge in [0.25, 0.3) is 0 Å². The third kappa shape index (κ3) is 4.64. The summed E-state index contributed by atoms with van der Waals surface area (Å²) in [4.78, 5) is 11.7. The Morgan fingerprint density at radius 3 is 2.69 bits per heavy atom. The second kappa shape index (κ2) is 9.94. The monoisotopic (exact) mass is 483 g/mol. The van der Waals surface area contributed by atoms with Gasteiger partial charge in [0.1, 0.15) is 0 Å². The zero-order valence-corrected chi connectivity index (χ0v) is 20.5. The van der Waals surface area contributed by atoms with Crippen LogP contribution in [0, 0.1) is 0 Å². The normalized spacial score (nSPS) is 17.9. The second-order valence-electron chi connectivity index (χ2n) is 9.54. The fourth-order valence-electron chi connectivity index (χ4n) is 5.55. The standard InChI is InChI=1S/C29H30ClN5/c30-20-8-9-24-26(10-15-32-27(24)19-20)31-14-4-16-35-17-11-21(12-18-35)34-29-23-6-2-1-5-22(23)28-25(29)7-3-13-33-28/h1-3,5-10,13,15,19,21,29,34H,4,11-12,14,16-18H2,(H,31,32). The maximum absolute atomic E-state index is 6.11. The number of nitrogens with one attached hydrogen (secondary N) is 2. The van der Waals surface area contributed by atoms with E-state index in [1.165, 1.54) is 29.5 Å². The SMILES string of the molecule is Clc1ccc2c(NCCCN3CCC(NC4c5ccccc5-c5ncccc54)CC3)ccnc2c1. The van der Waals surface area contributed by atoms with Crippen molar-refractivity contribution in [3.8, 4) is 11.3 Å². The van der Waals surface area contributed by atoms with Crippen LogP contribution in [0.5, 0.6) is 0 Å². The summed E-state index contributed by atoms with van der Waals surface area (Å²) in [6.07, 6.45) is 7.22. The van der Waals surface area contributed by atoms with Crippen molar-refractivity contribution in [2.45, 2.75) is 31.3 Å². The number of hydrogen-bond donors (Lipinski definition) is 2. The van der Waals surface area contributed by atoms with Crippen LogP contribution in [0.25, 0.3) is 22.2 Å². The molecule has 178 valence electrons. The molecule has 2 aromatic heterocycles. The molecule has 1 saturated heterocycles. The molecule has 1 aliphatic heterocycles. The molecule has 2 N–H and O–H groups in total. The van der Waals surface area contributed by atoms with Gasteiger partial charge >= 0.3 is 0 Å². The van der Waals surface area contributed by atoms with Crippen molar-refractivity contribution < 1.29 is 0 Å². The highest BCUT2D eigenvalue weighted by molar-refractivity contribution is 6.31. The predicted molar refractivity (Wildman–Crippen MR) is 144 cm³/mol. The van der Waals surface area contributed by atoms with E-state index in [9.17, 15) is 0 Å². The number of aromatic nitrogens is 2. The number of fused-ring (bicyclic) bond motifs is 4. The van der Waals surface area contributed by atoms with Crippen LogP contribution < -0.4 is 10.6 Å². The van der Waals surface area contributed by atoms with E-state index < -0.39 is 0 Å². The molecule has 6 heteroatoms. The molecular formula is C29H30ClN5. The van der Waals surface area contributed by atoms with Crippen LogP contribution in [0.15, 0.2) is 73.1 Å². The summed E-state index contributed by atoms with van der Waals surface area (Å²) >= 11 is 6.11. The van der Waals surface area contributed by atoms with Crippen LogP contribution in [0.4, 0.5) is 5.69 Å². The number of nitrogens with zero attached hydrogens (tertiary/aromatic N) is 3. The number of likely N-dealkylation sites (tertiary alicyclic amines) is 1. The maximum Gasteiger partial charge on any atom is 0.0756 e. The van der Waals surface area contributed by atoms with E-state index in [2.05, 4.69) is 61.9 Å². The van der Waals surface area contributed by atoms with Gasteiger partial charge in [0.2, 0.25) is 0 Å². The Balaban J connectivity index is 0.998. The molecule has 0 bridgehead atoms. The first-order chi connectivity index (χ1) is 17.3. The third-order valence-corrected chi connectivity index (χ3v) is 7.57. The van der Waals surface area contributed by atoms with E-state index in [0.717, 1.165) is 59.9 Å². The number of pyridine rings is 2. The molecule has 0 spiro atoms. The molecule has 2 aliphatic rings. The Hall–Kier alpha value is -2.99. The van der Waals surface area contributed by atoms with Gasteiger partial charge in [-0.15, -0.1) is 0 Å². The summed E-state index contributed by atoms with van der Waals surface area (Å²) in [5, 5.41) is 9.40. The lowest BCUT2D eigenvalue weighted by atomic mass is 10.00. The van der Waals surface area contributed by atoms with Gasteiger partial charge in [-0.2, -0.15) is 0 Å². The van der Waals surface area contributed by atoms with Crippen molar-refractivity contribution in [1.82, 2.24) is 20.2 Å². The van der Waals surface area contributed by atoms with E-state index in [-0.39, 0.29) is 6.04 Å². The summed E-state index contributed by atoms with van der Waals surface area (Å²) in [6.45, 7) is 4.35. The number of benzene rings is 2. The van der Waals surface area contributed by atoms with E-state index >= 15 is 0 Å². The molecule has 1 fully saturated rings. The molecule has 1 atom stereocenters. The van der Waals surface area contributed by atoms with Crippen LogP contribution >= 0.6 is 11.6 Å². The van der Waals surface area contributed by atoms with Gasteiger partial charge in [0, 0.05) is 46.6 Å². The molecule has 0 radical (unpaired) electrons. The van der Waals surface area contributed by atoms with Gasteiger partial charge in [0.15, 0.2) is 0 Å². The van der Waals surface area contributed by atoms with Crippen molar-refractivity contribution in [2.24, 2.45) is 0 Å². The van der Waals surface area contributed by atoms with E-state index in [4.69, 9.17) is 11.6 Å². The van der Waals surface area contributed by atoms with Gasteiger partial charge < -0.3 is 15.5 Å². The van der Waals surface area contributed by atoms with Crippen LogP contribution in [-0.4, -0.2) is 47.1 Å². The third-order valence-electron chi connectivity index (χ3n) is 7.34. The largest absolute Gasteiger partial charge is 0.384 e. The average molecular weight is 484 g/mol. The highest BCUT2D eigenvalue weighted by Gasteiger charge is 2.31. The molecule has 4 aromatic rings. The first-order valence-corrected chi connectivity index (χ1v) is 12.9. The lowest BCUT2D eigenvalue weighted by Crippen LogP contribution is -2.44. The van der Waals surface area contributed by atoms with Crippen molar-refractivity contribution in [3.05, 3.63) is 89.2 Å². The number of piperidine rings is 1. The Bertz CT molecular complexity index is 1290. The van der Waals surface area contributed by atoms with Gasteiger partial charge in [-0.3, -0.25) is 9.97 Å². The van der Waals surface area contributed by atoms with Crippen LogP contribution in [0.3, 0.4) is 0 Å². The lowest BCUT2D eigenvalue weighted by molar-refractivity contribution is 0.193. The zero-order chi connectivity index (χ0) is 23.6. The second-order valence-corrected chi connectivity index (χ2v) is 9.98. The van der Waals surface area contributed by atoms with Crippen molar-refractivity contribution >= 4 is 28.2 Å². The molecule has 0 amide bonds. The minimum atomic E-state index is 0.251. The van der Waals surface area contributed by atoms with Crippen molar-refractivity contribution in [1.29, 1.82) is 0 Å². The zero-order valence-electron chi connectivity index (χ0n) is 19.8. The summed E-state index contributed by atoms with van der Waals surface area (Å²) in [7, 11) is 0. The summed E-state index contributed by atoms with van der Waals surface area (Å²) in [5.41, 5.74) is 7.14. The molecule has 2 aromatic carbocycles. The highest BCUT2D eigenvalue weighted by atomic mass is 35.5. The van der Waals surface area contributed by atoms with E-state index in [1.54, 1.807) is 0 Å². The number of halogens is 1. The average Bonchev–Trinajstić information content (AvgIpc) is 3.21. The quantitative estimate of drug-likeness (QED) is 0.320. The molecular weight excluding hydrogens is 454 g/mol. The molecule has 35 heavy (non-hydrogen) atoms. The van der Waals surface area contributed by atoms with Crippen LogP contribution in [0.2, 0.25) is 5.02 Å². The lowest BCUT2D eigenvalue weighted by Gasteiger charge is -2.34. The Labute approximate surface area is 211 Å². The predicted octanol–water partition coefficient (Wildman–Crippen LogP) is 5.91. The molecule has 6 rings (SSSR count). The number of hydrogen-bond acceptors (Lipinski definition) is 5. The number of anilines is 1. The molecule has 1 unspecified atom stereocenters. The minimum Gasteiger partial charge on any atom is -0.384 e. The van der Waals surface area contributed by atoms with Gasteiger partial charge in [-0.05, 0) is 80.4 Å². The summed E-state index contributed by atoms with van der Waals surface area (Å²) < 4.78 is 0. The summed E-state index contributed by atoms with van der Waals surface area (Å²) in [6, 6.07) is 21.7. The molecule has 0 saturated carbocycles. The Morgan fingerprint density at radius 1 is 0.914 bits per heavy atom. The van der Waals surface area contributed by atoms with Gasteiger partial charge in [-0.1, -0.05) is 41.9 Å².